The monoisotopic (exact) mass is 283 g/mol. The molecule has 2 N–H and O–H groups in total. The third-order valence-corrected chi connectivity index (χ3v) is 2.97. The van der Waals surface area contributed by atoms with Crippen LogP contribution in [-0.4, -0.2) is 40.5 Å². The zero-order valence-electron chi connectivity index (χ0n) is 9.67. The van der Waals surface area contributed by atoms with Crippen molar-refractivity contribution in [2.45, 2.75) is 12.5 Å². The summed E-state index contributed by atoms with van der Waals surface area (Å²) in [6, 6.07) is 4.36. The van der Waals surface area contributed by atoms with Crippen molar-refractivity contribution in [2.75, 3.05) is 11.4 Å². The third-order valence-electron chi connectivity index (χ3n) is 2.74. The molecule has 0 spiro atoms. The zero-order chi connectivity index (χ0) is 14.2. The highest BCUT2D eigenvalue weighted by molar-refractivity contribution is 6.52. The van der Waals surface area contributed by atoms with Crippen LogP contribution in [0.2, 0.25) is 5.02 Å². The van der Waals surface area contributed by atoms with Gasteiger partial charge in [0.2, 0.25) is 0 Å². The maximum atomic E-state index is 11.8. The molecular weight excluding hydrogens is 274 g/mol. The molecular formula is C12H10ClNO5. The molecule has 100 valence electrons. The van der Waals surface area contributed by atoms with Gasteiger partial charge in [-0.2, -0.15) is 0 Å². The van der Waals surface area contributed by atoms with Gasteiger partial charge in [-0.1, -0.05) is 11.6 Å². The number of fused-ring (bicyclic) bond motifs is 1. The second-order valence-corrected chi connectivity index (χ2v) is 4.59. The number of anilines is 1. The molecule has 6 nitrogen and oxygen atoms in total. The van der Waals surface area contributed by atoms with Crippen LogP contribution in [0.4, 0.5) is 5.69 Å². The Labute approximate surface area is 113 Å². The fraction of sp³-hybridized carbons (Fsp3) is 0.250. The van der Waals surface area contributed by atoms with Gasteiger partial charge in [0.15, 0.2) is 0 Å². The van der Waals surface area contributed by atoms with Crippen LogP contribution in [0.25, 0.3) is 0 Å². The van der Waals surface area contributed by atoms with Gasteiger partial charge in [-0.3, -0.25) is 14.4 Å². The Morgan fingerprint density at radius 1 is 1.37 bits per heavy atom. The summed E-state index contributed by atoms with van der Waals surface area (Å²) in [5, 5.41) is 18.5. The highest BCUT2D eigenvalue weighted by Gasteiger charge is 2.36. The average molecular weight is 284 g/mol. The molecule has 1 aliphatic heterocycles. The van der Waals surface area contributed by atoms with Gasteiger partial charge in [-0.15, -0.1) is 0 Å². The smallest absolute Gasteiger partial charge is 0.306 e. The number of halogens is 1. The Morgan fingerprint density at radius 3 is 2.68 bits per heavy atom. The molecule has 1 unspecified atom stereocenters. The molecule has 0 aromatic heterocycles. The Kier molecular flexibility index (Phi) is 3.55. The van der Waals surface area contributed by atoms with Crippen molar-refractivity contribution >= 4 is 34.9 Å². The van der Waals surface area contributed by atoms with Gasteiger partial charge in [0.05, 0.1) is 30.3 Å². The van der Waals surface area contributed by atoms with Gasteiger partial charge in [-0.05, 0) is 18.2 Å². The van der Waals surface area contributed by atoms with Crippen molar-refractivity contribution in [1.29, 1.82) is 0 Å². The highest BCUT2D eigenvalue weighted by Crippen LogP contribution is 2.31. The molecule has 1 amide bonds. The van der Waals surface area contributed by atoms with E-state index in [2.05, 4.69) is 0 Å². The average Bonchev–Trinajstić information content (AvgIpc) is 2.53. The maximum absolute atomic E-state index is 11.8. The van der Waals surface area contributed by atoms with Crippen molar-refractivity contribution in [3.05, 3.63) is 28.8 Å². The Morgan fingerprint density at radius 2 is 2.05 bits per heavy atom. The number of carboxylic acid groups (broad SMARTS) is 1. The SMILES string of the molecule is O=C(O)CC(O)CN1C(=O)C(=O)c2ccc(Cl)cc21. The molecule has 1 aliphatic rings. The fourth-order valence-electron chi connectivity index (χ4n) is 1.93. The van der Waals surface area contributed by atoms with E-state index in [1.54, 1.807) is 0 Å². The number of carbonyl (C=O) groups excluding carboxylic acids is 2. The van der Waals surface area contributed by atoms with Crippen LogP contribution in [0.5, 0.6) is 0 Å². The standard InChI is InChI=1S/C12H10ClNO5/c13-6-1-2-8-9(3-6)14(12(19)11(8)18)5-7(15)4-10(16)17/h1-3,7,15H,4-5H2,(H,16,17). The highest BCUT2D eigenvalue weighted by atomic mass is 35.5. The number of hydrogen-bond acceptors (Lipinski definition) is 4. The number of ketones is 1. The first-order valence-corrected chi connectivity index (χ1v) is 5.83. The summed E-state index contributed by atoms with van der Waals surface area (Å²) in [5.74, 6) is -2.66. The second-order valence-electron chi connectivity index (χ2n) is 4.16. The van der Waals surface area contributed by atoms with Gasteiger partial charge < -0.3 is 15.1 Å². The topological polar surface area (TPSA) is 94.9 Å². The van der Waals surface area contributed by atoms with Gasteiger partial charge in [-0.25, -0.2) is 0 Å². The largest absolute Gasteiger partial charge is 0.481 e. The molecule has 0 saturated carbocycles. The van der Waals surface area contributed by atoms with Crippen molar-refractivity contribution < 1.29 is 24.6 Å². The van der Waals surface area contributed by atoms with Crippen molar-refractivity contribution in [3.8, 4) is 0 Å². The fourth-order valence-corrected chi connectivity index (χ4v) is 2.09. The number of benzene rings is 1. The second kappa shape index (κ2) is 4.99. The molecule has 7 heteroatoms. The quantitative estimate of drug-likeness (QED) is 0.793. The van der Waals surface area contributed by atoms with Crippen LogP contribution in [0, 0.1) is 0 Å². The normalized spacial score (nSPS) is 15.6. The molecule has 1 aromatic carbocycles. The molecule has 1 heterocycles. The number of aliphatic hydroxyl groups is 1. The molecule has 0 radical (unpaired) electrons. The molecule has 19 heavy (non-hydrogen) atoms. The molecule has 2 rings (SSSR count). The third kappa shape index (κ3) is 2.59. The molecule has 0 aliphatic carbocycles. The van der Waals surface area contributed by atoms with Gasteiger partial charge in [0, 0.05) is 5.02 Å². The van der Waals surface area contributed by atoms with E-state index < -0.39 is 30.2 Å². The van der Waals surface area contributed by atoms with Gasteiger partial charge >= 0.3 is 5.97 Å². The molecule has 0 saturated heterocycles. The lowest BCUT2D eigenvalue weighted by molar-refractivity contribution is -0.139. The minimum Gasteiger partial charge on any atom is -0.481 e. The number of rotatable bonds is 4. The summed E-state index contributed by atoms with van der Waals surface area (Å²) in [4.78, 5) is 35.0. The lowest BCUT2D eigenvalue weighted by Gasteiger charge is -2.19. The van der Waals surface area contributed by atoms with Crippen LogP contribution in [0.1, 0.15) is 16.8 Å². The summed E-state index contributed by atoms with van der Waals surface area (Å²) in [6.45, 7) is -0.260. The van der Waals surface area contributed by atoms with Crippen LogP contribution >= 0.6 is 11.6 Å². The number of nitrogens with zero attached hydrogens (tertiary/aromatic N) is 1. The Balaban J connectivity index is 2.27. The summed E-state index contributed by atoms with van der Waals surface area (Å²) in [5.41, 5.74) is 0.504. The Bertz CT molecular complexity index is 571. The van der Waals surface area contributed by atoms with E-state index in [-0.39, 0.29) is 12.1 Å². The van der Waals surface area contributed by atoms with Crippen LogP contribution in [0.3, 0.4) is 0 Å². The van der Waals surface area contributed by atoms with E-state index in [0.29, 0.717) is 10.7 Å². The van der Waals surface area contributed by atoms with Crippen molar-refractivity contribution in [3.63, 3.8) is 0 Å². The lowest BCUT2D eigenvalue weighted by atomic mass is 10.1. The number of β-amino-alcohol motifs (C(OH)–C–C–N with tert-alkyl or cyclic N) is 1. The van der Waals surface area contributed by atoms with Crippen molar-refractivity contribution in [1.82, 2.24) is 0 Å². The summed E-state index contributed by atoms with van der Waals surface area (Å²) in [7, 11) is 0. The Hall–Kier alpha value is -1.92. The molecule has 0 fully saturated rings. The van der Waals surface area contributed by atoms with Gasteiger partial charge in [0.25, 0.3) is 11.7 Å². The van der Waals surface area contributed by atoms with Crippen molar-refractivity contribution in [2.24, 2.45) is 0 Å². The molecule has 1 aromatic rings. The van der Waals surface area contributed by atoms with Crippen LogP contribution in [-0.2, 0) is 9.59 Å². The molecule has 0 bridgehead atoms. The van der Waals surface area contributed by atoms with E-state index in [1.165, 1.54) is 18.2 Å². The predicted octanol–water partition coefficient (Wildman–Crippen LogP) is 0.705. The van der Waals surface area contributed by atoms with E-state index in [9.17, 15) is 19.5 Å². The van der Waals surface area contributed by atoms with Gasteiger partial charge in [0.1, 0.15) is 0 Å². The van der Waals surface area contributed by atoms with E-state index in [4.69, 9.17) is 16.7 Å². The van der Waals surface area contributed by atoms with E-state index >= 15 is 0 Å². The summed E-state index contributed by atoms with van der Waals surface area (Å²) in [6.07, 6.45) is -1.76. The first-order chi connectivity index (χ1) is 8.90. The number of carboxylic acids is 1. The van der Waals surface area contributed by atoms with E-state index in [1.807, 2.05) is 0 Å². The first kappa shape index (κ1) is 13.5. The molecule has 1 atom stereocenters. The van der Waals surface area contributed by atoms with Crippen LogP contribution < -0.4 is 4.90 Å². The van der Waals surface area contributed by atoms with E-state index in [0.717, 1.165) is 4.90 Å². The minimum absolute atomic E-state index is 0.205. The number of Topliss-reactive ketones (excluding diaryl/α,β-unsaturated/α-hetero) is 1. The predicted molar refractivity (Wildman–Crippen MR) is 66.4 cm³/mol. The zero-order valence-corrected chi connectivity index (χ0v) is 10.4. The summed E-state index contributed by atoms with van der Waals surface area (Å²) >= 11 is 5.80. The number of hydrogen-bond donors (Lipinski definition) is 2. The summed E-state index contributed by atoms with van der Waals surface area (Å²) < 4.78 is 0. The minimum atomic E-state index is -1.25. The number of carbonyl (C=O) groups is 3. The number of amides is 1. The maximum Gasteiger partial charge on any atom is 0.306 e. The van der Waals surface area contributed by atoms with Crippen LogP contribution in [0.15, 0.2) is 18.2 Å². The first-order valence-electron chi connectivity index (χ1n) is 5.45. The number of aliphatic hydroxyl groups excluding tert-OH is 1. The lowest BCUT2D eigenvalue weighted by Crippen LogP contribution is -2.37. The number of aliphatic carboxylic acids is 1.